The van der Waals surface area contributed by atoms with Gasteiger partial charge in [0.2, 0.25) is 5.91 Å². The number of anilines is 2. The van der Waals surface area contributed by atoms with Crippen LogP contribution in [0.4, 0.5) is 29.9 Å². The molecule has 3 aromatic rings. The molecule has 210 valence electrons. The van der Waals surface area contributed by atoms with Gasteiger partial charge in [-0.2, -0.15) is 0 Å². The van der Waals surface area contributed by atoms with Gasteiger partial charge in [0.1, 0.15) is 17.4 Å². The van der Waals surface area contributed by atoms with Crippen molar-refractivity contribution in [2.75, 3.05) is 37.8 Å². The molecule has 0 radical (unpaired) electrons. The van der Waals surface area contributed by atoms with E-state index in [1.54, 1.807) is 4.90 Å². The molecule has 3 N–H and O–H groups in total. The highest BCUT2D eigenvalue weighted by molar-refractivity contribution is 6.01. The minimum atomic E-state index is -0.847. The fourth-order valence-electron chi connectivity index (χ4n) is 4.23. The fraction of sp³-hybridized carbons (Fsp3) is 0.286. The molecule has 2 aromatic carbocycles. The van der Waals surface area contributed by atoms with Gasteiger partial charge in [-0.15, -0.1) is 0 Å². The van der Waals surface area contributed by atoms with E-state index in [4.69, 9.17) is 4.74 Å². The van der Waals surface area contributed by atoms with Crippen LogP contribution in [0.3, 0.4) is 0 Å². The van der Waals surface area contributed by atoms with Gasteiger partial charge in [0, 0.05) is 43.1 Å². The van der Waals surface area contributed by atoms with E-state index >= 15 is 0 Å². The van der Waals surface area contributed by atoms with Crippen LogP contribution in [0.1, 0.15) is 18.4 Å². The number of benzene rings is 2. The monoisotopic (exact) mass is 552 g/mol. The molecule has 0 unspecified atom stereocenters. The maximum absolute atomic E-state index is 14.7. The summed E-state index contributed by atoms with van der Waals surface area (Å²) in [5, 5.41) is 7.26. The number of hydrogen-bond acceptors (Lipinski definition) is 6. The maximum Gasteiger partial charge on any atom is 0.325 e. The van der Waals surface area contributed by atoms with Crippen LogP contribution in [0.5, 0.6) is 11.5 Å². The molecule has 40 heavy (non-hydrogen) atoms. The lowest BCUT2D eigenvalue weighted by Gasteiger charge is -2.35. The number of imide groups is 1. The van der Waals surface area contributed by atoms with Gasteiger partial charge in [0.15, 0.2) is 11.6 Å². The molecule has 1 saturated heterocycles. The van der Waals surface area contributed by atoms with E-state index in [9.17, 15) is 23.2 Å². The molecule has 12 heteroatoms. The molecule has 0 aliphatic carbocycles. The lowest BCUT2D eigenvalue weighted by Crippen LogP contribution is -2.46. The lowest BCUT2D eigenvalue weighted by atomic mass is 10.0. The number of urea groups is 2. The number of ether oxygens (including phenoxy) is 1. The number of aromatic nitrogens is 1. The number of halogens is 2. The summed E-state index contributed by atoms with van der Waals surface area (Å²) >= 11 is 0. The highest BCUT2D eigenvalue weighted by atomic mass is 19.1. The summed E-state index contributed by atoms with van der Waals surface area (Å²) in [7, 11) is 4.06. The van der Waals surface area contributed by atoms with Crippen LogP contribution in [0.15, 0.2) is 60.8 Å². The van der Waals surface area contributed by atoms with Crippen molar-refractivity contribution in [3.63, 3.8) is 0 Å². The van der Waals surface area contributed by atoms with Crippen molar-refractivity contribution in [3.05, 3.63) is 78.0 Å². The summed E-state index contributed by atoms with van der Waals surface area (Å²) in [5.74, 6) is -1.41. The highest BCUT2D eigenvalue weighted by Gasteiger charge is 2.24. The third kappa shape index (κ3) is 7.96. The van der Waals surface area contributed by atoms with Gasteiger partial charge in [0.05, 0.1) is 6.42 Å². The standard InChI is InChI=1S/C28H30F2N6O4/c1-35(2)21-10-13-36(14-11-21)28(39)33-25-17-22(9-12-31-25)40-24-8-7-20(16-23(24)30)32-27(38)34-26(37)15-18-3-5-19(29)6-4-18/h3-9,12,16-17,21H,10-11,13-15H2,1-2H3,(H,31,33,39)(H2,32,34,37,38). The molecule has 0 saturated carbocycles. The second-order valence-corrected chi connectivity index (χ2v) is 9.54. The van der Waals surface area contributed by atoms with Crippen LogP contribution < -0.4 is 20.7 Å². The summed E-state index contributed by atoms with van der Waals surface area (Å²) in [6, 6.07) is 11.4. The van der Waals surface area contributed by atoms with E-state index in [0.717, 1.165) is 18.9 Å². The molecular weight excluding hydrogens is 522 g/mol. The topological polar surface area (TPSA) is 116 Å². The SMILES string of the molecule is CN(C)C1CCN(C(=O)Nc2cc(Oc3ccc(NC(=O)NC(=O)Cc4ccc(F)cc4)cc3F)ccn2)CC1. The van der Waals surface area contributed by atoms with Gasteiger partial charge in [-0.3, -0.25) is 15.4 Å². The first kappa shape index (κ1) is 28.4. The molecular formula is C28H30F2N6O4. The molecule has 0 bridgehead atoms. The van der Waals surface area contributed by atoms with Crippen LogP contribution >= 0.6 is 0 Å². The number of hydrogen-bond donors (Lipinski definition) is 3. The Morgan fingerprint density at radius 2 is 1.73 bits per heavy atom. The first-order valence-corrected chi connectivity index (χ1v) is 12.7. The molecule has 1 fully saturated rings. The third-order valence-corrected chi connectivity index (χ3v) is 6.40. The molecule has 1 aliphatic heterocycles. The van der Waals surface area contributed by atoms with E-state index in [-0.39, 0.29) is 35.5 Å². The predicted molar refractivity (Wildman–Crippen MR) is 145 cm³/mol. The number of pyridine rings is 1. The maximum atomic E-state index is 14.7. The third-order valence-electron chi connectivity index (χ3n) is 6.40. The van der Waals surface area contributed by atoms with Crippen molar-refractivity contribution in [2.24, 2.45) is 0 Å². The second kappa shape index (κ2) is 13.0. The Labute approximate surface area is 230 Å². The van der Waals surface area contributed by atoms with Gasteiger partial charge in [-0.1, -0.05) is 12.1 Å². The minimum Gasteiger partial charge on any atom is -0.454 e. The van der Waals surface area contributed by atoms with E-state index in [0.29, 0.717) is 24.7 Å². The Morgan fingerprint density at radius 3 is 2.40 bits per heavy atom. The molecule has 5 amide bonds. The van der Waals surface area contributed by atoms with E-state index in [1.165, 1.54) is 54.7 Å². The zero-order valence-electron chi connectivity index (χ0n) is 22.1. The number of rotatable bonds is 7. The average molecular weight is 553 g/mol. The summed E-state index contributed by atoms with van der Waals surface area (Å²) < 4.78 is 33.3. The van der Waals surface area contributed by atoms with Crippen LogP contribution in [0, 0.1) is 11.6 Å². The van der Waals surface area contributed by atoms with Crippen molar-refractivity contribution in [1.29, 1.82) is 0 Å². The Hall–Kier alpha value is -4.58. The van der Waals surface area contributed by atoms with E-state index in [1.807, 2.05) is 14.1 Å². The normalized spacial score (nSPS) is 13.6. The number of carbonyl (C=O) groups excluding carboxylic acids is 3. The Kier molecular flexibility index (Phi) is 9.23. The molecule has 4 rings (SSSR count). The van der Waals surface area contributed by atoms with Gasteiger partial charge in [-0.05, 0) is 62.8 Å². The predicted octanol–water partition coefficient (Wildman–Crippen LogP) is 4.60. The zero-order chi connectivity index (χ0) is 28.6. The fourth-order valence-corrected chi connectivity index (χ4v) is 4.23. The summed E-state index contributed by atoms with van der Waals surface area (Å²) in [4.78, 5) is 44.9. The zero-order valence-corrected chi connectivity index (χ0v) is 22.1. The largest absolute Gasteiger partial charge is 0.454 e. The molecule has 1 aromatic heterocycles. The van der Waals surface area contributed by atoms with Crippen molar-refractivity contribution >= 4 is 29.5 Å². The number of likely N-dealkylation sites (tertiary alicyclic amines) is 1. The van der Waals surface area contributed by atoms with E-state index in [2.05, 4.69) is 25.8 Å². The molecule has 0 atom stereocenters. The van der Waals surface area contributed by atoms with Crippen LogP contribution in [-0.2, 0) is 11.2 Å². The van der Waals surface area contributed by atoms with Gasteiger partial charge >= 0.3 is 12.1 Å². The summed E-state index contributed by atoms with van der Waals surface area (Å²) in [6.45, 7) is 1.27. The molecule has 0 spiro atoms. The van der Waals surface area contributed by atoms with Crippen molar-refractivity contribution < 1.29 is 27.9 Å². The Morgan fingerprint density at radius 1 is 1.00 bits per heavy atom. The highest BCUT2D eigenvalue weighted by Crippen LogP contribution is 2.28. The minimum absolute atomic E-state index is 0.0950. The van der Waals surface area contributed by atoms with Gasteiger partial charge in [0.25, 0.3) is 0 Å². The number of carbonyl (C=O) groups is 3. The molecule has 10 nitrogen and oxygen atoms in total. The second-order valence-electron chi connectivity index (χ2n) is 9.54. The molecule has 1 aliphatic rings. The average Bonchev–Trinajstić information content (AvgIpc) is 2.91. The van der Waals surface area contributed by atoms with Crippen molar-refractivity contribution in [1.82, 2.24) is 20.1 Å². The Bertz CT molecular complexity index is 1360. The van der Waals surface area contributed by atoms with Gasteiger partial charge < -0.3 is 19.9 Å². The quantitative estimate of drug-likeness (QED) is 0.395. The number of piperidine rings is 1. The van der Waals surface area contributed by atoms with Crippen LogP contribution in [0.25, 0.3) is 0 Å². The van der Waals surface area contributed by atoms with Gasteiger partial charge in [-0.25, -0.2) is 23.4 Å². The summed E-state index contributed by atoms with van der Waals surface area (Å²) in [6.07, 6.45) is 3.08. The first-order chi connectivity index (χ1) is 19.2. The molecule has 2 heterocycles. The Balaban J connectivity index is 1.29. The van der Waals surface area contributed by atoms with E-state index < -0.39 is 23.6 Å². The lowest BCUT2D eigenvalue weighted by molar-refractivity contribution is -0.119. The van der Waals surface area contributed by atoms with Crippen LogP contribution in [0.2, 0.25) is 0 Å². The first-order valence-electron chi connectivity index (χ1n) is 12.7. The summed E-state index contributed by atoms with van der Waals surface area (Å²) in [5.41, 5.74) is 0.625. The van der Waals surface area contributed by atoms with Crippen molar-refractivity contribution in [2.45, 2.75) is 25.3 Å². The smallest absolute Gasteiger partial charge is 0.325 e. The number of nitrogens with one attached hydrogen (secondary N) is 3. The van der Waals surface area contributed by atoms with Crippen LogP contribution in [-0.4, -0.2) is 66.0 Å². The number of amides is 5. The van der Waals surface area contributed by atoms with Crippen molar-refractivity contribution in [3.8, 4) is 11.5 Å². The number of nitrogens with zero attached hydrogens (tertiary/aromatic N) is 3.